The first-order valence-electron chi connectivity index (χ1n) is 8.26. The molecule has 7 nitrogen and oxygen atoms in total. The highest BCUT2D eigenvalue weighted by Crippen LogP contribution is 2.36. The number of benzene rings is 2. The minimum atomic E-state index is -0.525. The van der Waals surface area contributed by atoms with Crippen LogP contribution in [0.25, 0.3) is 0 Å². The number of halogens is 1. The Bertz CT molecular complexity index is 1040. The van der Waals surface area contributed by atoms with Gasteiger partial charge in [0.1, 0.15) is 18.1 Å². The lowest BCUT2D eigenvalue weighted by molar-refractivity contribution is -0.113. The maximum atomic E-state index is 13.1. The number of allylic oxidation sites excluding steroid dienone is 1. The van der Waals surface area contributed by atoms with E-state index in [1.54, 1.807) is 47.1 Å². The number of amides is 1. The number of phenols is 1. The number of carbonyl (C=O) groups is 1. The monoisotopic (exact) mass is 381 g/mol. The molecule has 3 aromatic rings. The van der Waals surface area contributed by atoms with Crippen molar-refractivity contribution < 1.29 is 9.90 Å². The molecule has 0 bridgehead atoms. The molecule has 1 aromatic heterocycles. The second-order valence-corrected chi connectivity index (χ2v) is 6.59. The highest BCUT2D eigenvalue weighted by molar-refractivity contribution is 6.30. The van der Waals surface area contributed by atoms with Gasteiger partial charge in [-0.15, -0.1) is 0 Å². The van der Waals surface area contributed by atoms with Gasteiger partial charge in [0.15, 0.2) is 0 Å². The van der Waals surface area contributed by atoms with Gasteiger partial charge in [0, 0.05) is 16.4 Å². The number of phenolic OH excluding ortho intramolecular Hbond substituents is 1. The lowest BCUT2D eigenvalue weighted by Gasteiger charge is -2.28. The van der Waals surface area contributed by atoms with Crippen molar-refractivity contribution in [2.24, 2.45) is 0 Å². The number of hydrogen-bond acceptors (Lipinski definition) is 5. The van der Waals surface area contributed by atoms with E-state index >= 15 is 0 Å². The summed E-state index contributed by atoms with van der Waals surface area (Å²) in [6, 6.07) is 13.1. The summed E-state index contributed by atoms with van der Waals surface area (Å²) in [7, 11) is 0. The van der Waals surface area contributed by atoms with Gasteiger partial charge in [0.2, 0.25) is 5.95 Å². The normalized spacial score (nSPS) is 15.9. The molecule has 1 amide bonds. The maximum absolute atomic E-state index is 13.1. The van der Waals surface area contributed by atoms with Crippen LogP contribution in [0.1, 0.15) is 18.5 Å². The third-order valence-corrected chi connectivity index (χ3v) is 4.58. The molecule has 1 atom stereocenters. The number of nitrogens with one attached hydrogen (secondary N) is 2. The molecule has 1 aliphatic rings. The number of anilines is 2. The van der Waals surface area contributed by atoms with Crippen molar-refractivity contribution in [3.63, 3.8) is 0 Å². The minimum Gasteiger partial charge on any atom is -0.508 e. The first kappa shape index (κ1) is 17.1. The summed E-state index contributed by atoms with van der Waals surface area (Å²) in [5.41, 5.74) is 2.50. The van der Waals surface area contributed by atoms with Crippen molar-refractivity contribution in [3.05, 3.63) is 76.7 Å². The quantitative estimate of drug-likeness (QED) is 0.645. The zero-order valence-corrected chi connectivity index (χ0v) is 15.1. The predicted molar refractivity (Wildman–Crippen MR) is 103 cm³/mol. The van der Waals surface area contributed by atoms with E-state index in [1.807, 2.05) is 13.0 Å². The van der Waals surface area contributed by atoms with Crippen LogP contribution in [0.3, 0.4) is 0 Å². The SMILES string of the molecule is CC1=C(C(=O)Nc2ccc(Cl)cc2)[C@@H](c2cccc(O)c2)n2ncnc2N1. The highest BCUT2D eigenvalue weighted by atomic mass is 35.5. The summed E-state index contributed by atoms with van der Waals surface area (Å²) in [6.45, 7) is 1.81. The van der Waals surface area contributed by atoms with Gasteiger partial charge >= 0.3 is 0 Å². The van der Waals surface area contributed by atoms with Crippen molar-refractivity contribution in [3.8, 4) is 5.75 Å². The predicted octanol–water partition coefficient (Wildman–Crippen LogP) is 3.56. The van der Waals surface area contributed by atoms with Gasteiger partial charge in [-0.05, 0) is 48.9 Å². The van der Waals surface area contributed by atoms with Crippen LogP contribution < -0.4 is 10.6 Å². The Morgan fingerprint density at radius 1 is 1.26 bits per heavy atom. The Labute approximate surface area is 160 Å². The van der Waals surface area contributed by atoms with Gasteiger partial charge in [-0.3, -0.25) is 4.79 Å². The van der Waals surface area contributed by atoms with Gasteiger partial charge < -0.3 is 15.7 Å². The summed E-state index contributed by atoms with van der Waals surface area (Å²) in [5, 5.41) is 20.7. The Balaban J connectivity index is 1.76. The van der Waals surface area contributed by atoms with E-state index in [2.05, 4.69) is 20.7 Å². The maximum Gasteiger partial charge on any atom is 0.255 e. The van der Waals surface area contributed by atoms with E-state index in [-0.39, 0.29) is 11.7 Å². The topological polar surface area (TPSA) is 92.1 Å². The number of hydrogen-bond donors (Lipinski definition) is 3. The molecule has 3 N–H and O–H groups in total. The molecule has 8 heteroatoms. The van der Waals surface area contributed by atoms with Crippen LogP contribution in [0.5, 0.6) is 5.75 Å². The lowest BCUT2D eigenvalue weighted by Crippen LogP contribution is -2.31. The zero-order chi connectivity index (χ0) is 19.0. The standard InChI is InChI=1S/C19H16ClN5O2/c1-11-16(18(27)24-14-7-5-13(20)6-8-14)17(12-3-2-4-15(26)9-12)25-19(23-11)21-10-22-25/h2-10,17,26H,1H3,(H,24,27)(H,21,22,23)/t17-/m1/s1. The second-order valence-electron chi connectivity index (χ2n) is 6.15. The van der Waals surface area contributed by atoms with Crippen molar-refractivity contribution in [2.45, 2.75) is 13.0 Å². The fourth-order valence-electron chi connectivity index (χ4n) is 3.12. The van der Waals surface area contributed by atoms with Gasteiger partial charge in [-0.2, -0.15) is 10.1 Å². The smallest absolute Gasteiger partial charge is 0.255 e. The summed E-state index contributed by atoms with van der Waals surface area (Å²) in [4.78, 5) is 17.3. The molecule has 136 valence electrons. The molecule has 0 saturated heterocycles. The van der Waals surface area contributed by atoms with Crippen LogP contribution in [-0.4, -0.2) is 25.8 Å². The Morgan fingerprint density at radius 2 is 2.04 bits per heavy atom. The lowest BCUT2D eigenvalue weighted by atomic mass is 9.95. The molecular formula is C19H16ClN5O2. The molecule has 0 saturated carbocycles. The first-order chi connectivity index (χ1) is 13.0. The van der Waals surface area contributed by atoms with E-state index < -0.39 is 6.04 Å². The molecular weight excluding hydrogens is 366 g/mol. The van der Waals surface area contributed by atoms with Gasteiger partial charge in [-0.1, -0.05) is 23.7 Å². The number of rotatable bonds is 3. The second kappa shape index (κ2) is 6.77. The minimum absolute atomic E-state index is 0.114. The van der Waals surface area contributed by atoms with Gasteiger partial charge in [0.05, 0.1) is 5.57 Å². The van der Waals surface area contributed by atoms with Crippen LogP contribution in [0.15, 0.2) is 66.1 Å². The van der Waals surface area contributed by atoms with Crippen LogP contribution >= 0.6 is 11.6 Å². The largest absolute Gasteiger partial charge is 0.508 e. The Hall–Kier alpha value is -3.32. The number of fused-ring (bicyclic) bond motifs is 1. The van der Waals surface area contributed by atoms with Crippen molar-refractivity contribution >= 4 is 29.1 Å². The highest BCUT2D eigenvalue weighted by Gasteiger charge is 2.33. The van der Waals surface area contributed by atoms with E-state index in [0.717, 1.165) is 5.56 Å². The van der Waals surface area contributed by atoms with E-state index in [4.69, 9.17) is 11.6 Å². The summed E-state index contributed by atoms with van der Waals surface area (Å²) < 4.78 is 1.62. The molecule has 0 unspecified atom stereocenters. The van der Waals surface area contributed by atoms with Crippen molar-refractivity contribution in [1.29, 1.82) is 0 Å². The molecule has 0 spiro atoms. The molecule has 27 heavy (non-hydrogen) atoms. The summed E-state index contributed by atoms with van der Waals surface area (Å²) in [5.74, 6) is 0.364. The average Bonchev–Trinajstić information content (AvgIpc) is 3.10. The van der Waals surface area contributed by atoms with Crippen molar-refractivity contribution in [1.82, 2.24) is 14.8 Å². The third-order valence-electron chi connectivity index (χ3n) is 4.33. The molecule has 0 fully saturated rings. The average molecular weight is 382 g/mol. The fourth-order valence-corrected chi connectivity index (χ4v) is 3.25. The molecule has 0 radical (unpaired) electrons. The van der Waals surface area contributed by atoms with E-state index in [9.17, 15) is 9.90 Å². The van der Waals surface area contributed by atoms with Crippen LogP contribution in [-0.2, 0) is 4.79 Å². The summed E-state index contributed by atoms with van der Waals surface area (Å²) in [6.07, 6.45) is 1.42. The Kier molecular flexibility index (Phi) is 4.29. The Morgan fingerprint density at radius 3 is 2.78 bits per heavy atom. The van der Waals surface area contributed by atoms with Crippen LogP contribution in [0, 0.1) is 0 Å². The van der Waals surface area contributed by atoms with E-state index in [0.29, 0.717) is 27.9 Å². The zero-order valence-electron chi connectivity index (χ0n) is 14.3. The van der Waals surface area contributed by atoms with Crippen molar-refractivity contribution in [2.75, 3.05) is 10.6 Å². The third kappa shape index (κ3) is 3.24. The van der Waals surface area contributed by atoms with Crippen LogP contribution in [0.4, 0.5) is 11.6 Å². The molecule has 2 aromatic carbocycles. The summed E-state index contributed by atoms with van der Waals surface area (Å²) >= 11 is 5.91. The number of aromatic nitrogens is 3. The number of nitrogens with zero attached hydrogens (tertiary/aromatic N) is 3. The molecule has 4 rings (SSSR count). The van der Waals surface area contributed by atoms with Gasteiger partial charge in [0.25, 0.3) is 5.91 Å². The molecule has 2 heterocycles. The molecule has 1 aliphatic heterocycles. The molecule has 0 aliphatic carbocycles. The number of carbonyl (C=O) groups excluding carboxylic acids is 1. The first-order valence-corrected chi connectivity index (χ1v) is 8.64. The van der Waals surface area contributed by atoms with Crippen LogP contribution in [0.2, 0.25) is 5.02 Å². The van der Waals surface area contributed by atoms with E-state index in [1.165, 1.54) is 6.33 Å². The van der Waals surface area contributed by atoms with Gasteiger partial charge in [-0.25, -0.2) is 4.68 Å². The number of aromatic hydroxyl groups is 1. The fraction of sp³-hybridized carbons (Fsp3) is 0.105.